The molecule has 4 nitrogen and oxygen atoms in total. The van der Waals surface area contributed by atoms with Crippen molar-refractivity contribution in [2.75, 3.05) is 9.80 Å². The second-order valence-electron chi connectivity index (χ2n) is 31.5. The van der Waals surface area contributed by atoms with Gasteiger partial charge in [-0.05, 0) is 294 Å². The van der Waals surface area contributed by atoms with Gasteiger partial charge in [-0.2, -0.15) is 0 Å². The monoisotopic (exact) mass is 1380 g/mol. The molecule has 14 aromatic carbocycles. The molecule has 0 N–H and O–H groups in total. The van der Waals surface area contributed by atoms with Crippen molar-refractivity contribution in [3.8, 4) is 56.4 Å². The number of nitrogens with zero attached hydrogens (tertiary/aromatic N) is 2. The molecule has 6 heteroatoms. The lowest BCUT2D eigenvalue weighted by molar-refractivity contribution is 0.480. The Labute approximate surface area is 621 Å². The largest absolute Gasteiger partial charge is 0.457 e. The molecule has 0 bridgehead atoms. The third-order valence-electron chi connectivity index (χ3n) is 23.1. The number of anilines is 6. The lowest BCUT2D eigenvalue weighted by atomic mass is 9.67. The molecule has 0 heterocycles. The van der Waals surface area contributed by atoms with E-state index in [-0.39, 0.29) is 22.5 Å². The Morgan fingerprint density at radius 1 is 0.283 bits per heavy atom. The molecule has 0 aliphatic heterocycles. The van der Waals surface area contributed by atoms with E-state index in [1.807, 2.05) is 38.1 Å². The molecular weight excluding hydrogens is 1300 g/mol. The van der Waals surface area contributed by atoms with E-state index >= 15 is 8.78 Å². The van der Waals surface area contributed by atoms with Gasteiger partial charge in [0, 0.05) is 34.1 Å². The fourth-order valence-corrected chi connectivity index (χ4v) is 17.1. The topological polar surface area (TPSA) is 24.9 Å². The van der Waals surface area contributed by atoms with Crippen LogP contribution in [0.1, 0.15) is 131 Å². The molecule has 14 aromatic rings. The normalized spacial score (nSPS) is 15.8. The van der Waals surface area contributed by atoms with Crippen molar-refractivity contribution >= 4 is 34.1 Å². The zero-order valence-electron chi connectivity index (χ0n) is 61.2. The minimum absolute atomic E-state index is 0.0563. The molecule has 518 valence electrons. The number of ether oxygens (including phenoxy) is 2. The highest BCUT2D eigenvalue weighted by Gasteiger charge is 2.49. The quantitative estimate of drug-likeness (QED) is 0.102. The average molecular weight is 1380 g/mol. The van der Waals surface area contributed by atoms with E-state index in [0.29, 0.717) is 22.5 Å². The van der Waals surface area contributed by atoms with Crippen molar-refractivity contribution in [3.63, 3.8) is 0 Å². The Kier molecular flexibility index (Phi) is 15.9. The third kappa shape index (κ3) is 11.1. The molecule has 106 heavy (non-hydrogen) atoms. The van der Waals surface area contributed by atoms with Crippen LogP contribution in [0.25, 0.3) is 33.4 Å². The number of hydrogen-bond acceptors (Lipinski definition) is 4. The molecule has 2 unspecified atom stereocenters. The van der Waals surface area contributed by atoms with Crippen LogP contribution in [0.3, 0.4) is 0 Å². The van der Waals surface area contributed by atoms with Gasteiger partial charge in [0.25, 0.3) is 0 Å². The van der Waals surface area contributed by atoms with Crippen molar-refractivity contribution in [2.24, 2.45) is 0 Å². The molecule has 0 saturated carbocycles. The standard InChI is InChI=1S/C100H82F2N2O2/c1-63-17-41-81(61-95(63)101)103(79-47-55-89-87-13-9-11-15-91(87)99(93(89)59-79,73-33-29-71(30-34-73)97(3,4)5)75-37-51-83(52-38-75)105-85-49-27-67-19-21-69(67)57-85)77-43-23-65(24-44-77)66-25-45-78(46-26-66)104(82-42-18-64(2)96(102)62-82)80-48-56-90-88-14-10-12-16-92(88)100(94(90)60-80,74-35-31-72(32-36-74)98(6,7)8)76-39-53-84(54-40-76)106-86-50-28-68-20-22-70(68)58-86/h9-18,23-62H,19-22H2,1-8H3. The molecule has 0 radical (unpaired) electrons. The van der Waals surface area contributed by atoms with Gasteiger partial charge in [0.2, 0.25) is 0 Å². The number of hydrogen-bond donors (Lipinski definition) is 0. The van der Waals surface area contributed by atoms with Crippen LogP contribution >= 0.6 is 0 Å². The Bertz CT molecular complexity index is 5410. The fourth-order valence-electron chi connectivity index (χ4n) is 17.1. The number of fused-ring (bicyclic) bond motifs is 8. The van der Waals surface area contributed by atoms with Crippen LogP contribution in [0.15, 0.2) is 303 Å². The van der Waals surface area contributed by atoms with Crippen molar-refractivity contribution in [1.29, 1.82) is 0 Å². The third-order valence-corrected chi connectivity index (χ3v) is 23.1. The van der Waals surface area contributed by atoms with Gasteiger partial charge in [0.15, 0.2) is 0 Å². The molecule has 18 rings (SSSR count). The number of benzene rings is 14. The number of rotatable bonds is 15. The first kappa shape index (κ1) is 66.1. The van der Waals surface area contributed by atoms with Gasteiger partial charge in [-0.25, -0.2) is 8.78 Å². The van der Waals surface area contributed by atoms with Gasteiger partial charge in [-0.15, -0.1) is 0 Å². The first-order valence-electron chi connectivity index (χ1n) is 37.2. The first-order chi connectivity index (χ1) is 51.4. The summed E-state index contributed by atoms with van der Waals surface area (Å²) in [5.41, 5.74) is 28.2. The second-order valence-corrected chi connectivity index (χ2v) is 31.5. The summed E-state index contributed by atoms with van der Waals surface area (Å²) in [5, 5.41) is 0. The maximum absolute atomic E-state index is 16.3. The maximum atomic E-state index is 16.3. The average Bonchev–Trinajstić information content (AvgIpc) is 1.53. The van der Waals surface area contributed by atoms with E-state index in [2.05, 4.69) is 318 Å². The molecule has 0 aromatic heterocycles. The van der Waals surface area contributed by atoms with Crippen LogP contribution in [0.2, 0.25) is 0 Å². The van der Waals surface area contributed by atoms with Gasteiger partial charge in [0.1, 0.15) is 34.6 Å². The van der Waals surface area contributed by atoms with E-state index in [0.717, 1.165) is 127 Å². The molecule has 2 atom stereocenters. The zero-order valence-corrected chi connectivity index (χ0v) is 61.2. The molecule has 4 aliphatic rings. The molecular formula is C100H82F2N2O2. The van der Waals surface area contributed by atoms with E-state index in [1.54, 1.807) is 12.1 Å². The SMILES string of the molecule is Cc1ccc(N(c2ccc(-c3ccc(N(c4ccc(C)c(F)c4)c4ccc5c(c4)C(c4ccc(Oc6ccc7c(c6)CC7)cc4)(c4ccc(C(C)(C)C)cc4)c4ccccc4-5)cc3)cc2)c2ccc3c(c2)C(c2ccc(Oc4ccc5c(c4)CC5)cc2)(c2ccc(C(C)(C)C)cc2)c2ccccc2-3)cc1F. The summed E-state index contributed by atoms with van der Waals surface area (Å²) < 4.78 is 45.7. The Hall–Kier alpha value is -11.9. The van der Waals surface area contributed by atoms with Crippen molar-refractivity contribution < 1.29 is 18.3 Å². The molecule has 0 spiro atoms. The van der Waals surface area contributed by atoms with Gasteiger partial charge in [-0.1, -0.05) is 224 Å². The minimum atomic E-state index is -0.752. The number of aryl methyl sites for hydroxylation is 6. The maximum Gasteiger partial charge on any atom is 0.128 e. The summed E-state index contributed by atoms with van der Waals surface area (Å²) in [6.45, 7) is 17.2. The van der Waals surface area contributed by atoms with Crippen molar-refractivity contribution in [2.45, 2.75) is 103 Å². The minimum Gasteiger partial charge on any atom is -0.457 e. The number of halogens is 2. The van der Waals surface area contributed by atoms with Crippen LogP contribution in [0.5, 0.6) is 23.0 Å². The summed E-state index contributed by atoms with van der Waals surface area (Å²) in [6, 6.07) is 108. The zero-order chi connectivity index (χ0) is 72.4. The van der Waals surface area contributed by atoms with Crippen LogP contribution in [-0.2, 0) is 47.3 Å². The Morgan fingerprint density at radius 2 is 0.594 bits per heavy atom. The molecule has 0 saturated heterocycles. The van der Waals surface area contributed by atoms with Gasteiger partial charge >= 0.3 is 0 Å². The fraction of sp³-hybridized carbons (Fsp3) is 0.160. The Balaban J connectivity index is 0.723. The molecule has 0 fully saturated rings. The molecule has 0 amide bonds. The second kappa shape index (κ2) is 25.5. The van der Waals surface area contributed by atoms with E-state index in [1.165, 1.54) is 55.6 Å². The van der Waals surface area contributed by atoms with E-state index in [4.69, 9.17) is 9.47 Å². The van der Waals surface area contributed by atoms with Gasteiger partial charge in [0.05, 0.1) is 10.8 Å². The smallest absolute Gasteiger partial charge is 0.128 e. The lowest BCUT2D eigenvalue weighted by Crippen LogP contribution is -2.29. The molecule has 4 aliphatic carbocycles. The Morgan fingerprint density at radius 3 is 0.934 bits per heavy atom. The van der Waals surface area contributed by atoms with Crippen LogP contribution in [0, 0.1) is 25.5 Å². The van der Waals surface area contributed by atoms with E-state index < -0.39 is 10.8 Å². The lowest BCUT2D eigenvalue weighted by Gasteiger charge is -2.35. The highest BCUT2D eigenvalue weighted by Crippen LogP contribution is 2.60. The summed E-state index contributed by atoms with van der Waals surface area (Å²) >= 11 is 0. The first-order valence-corrected chi connectivity index (χ1v) is 37.2. The highest BCUT2D eigenvalue weighted by atomic mass is 19.1. The van der Waals surface area contributed by atoms with Crippen molar-refractivity contribution in [1.82, 2.24) is 0 Å². The van der Waals surface area contributed by atoms with Crippen molar-refractivity contribution in [3.05, 3.63) is 404 Å². The summed E-state index contributed by atoms with van der Waals surface area (Å²) in [4.78, 5) is 4.36. The highest BCUT2D eigenvalue weighted by molar-refractivity contribution is 5.92. The van der Waals surface area contributed by atoms with Gasteiger partial charge in [-0.3, -0.25) is 0 Å². The summed E-state index contributed by atoms with van der Waals surface area (Å²) in [6.07, 6.45) is 4.40. The predicted octanol–water partition coefficient (Wildman–Crippen LogP) is 26.3. The summed E-state index contributed by atoms with van der Waals surface area (Å²) in [5.74, 6) is 2.68. The van der Waals surface area contributed by atoms with E-state index in [9.17, 15) is 0 Å². The van der Waals surface area contributed by atoms with Crippen LogP contribution in [-0.4, -0.2) is 0 Å². The summed E-state index contributed by atoms with van der Waals surface area (Å²) in [7, 11) is 0. The van der Waals surface area contributed by atoms with Crippen LogP contribution < -0.4 is 19.3 Å². The predicted molar refractivity (Wildman–Crippen MR) is 430 cm³/mol. The van der Waals surface area contributed by atoms with Gasteiger partial charge < -0.3 is 19.3 Å². The van der Waals surface area contributed by atoms with Crippen LogP contribution in [0.4, 0.5) is 42.9 Å².